The second kappa shape index (κ2) is 2.99. The lowest BCUT2D eigenvalue weighted by Crippen LogP contribution is -2.35. The molecule has 0 radical (unpaired) electrons. The van der Waals surface area contributed by atoms with Gasteiger partial charge in [-0.1, -0.05) is 6.92 Å². The Morgan fingerprint density at radius 1 is 1.54 bits per heavy atom. The summed E-state index contributed by atoms with van der Waals surface area (Å²) in [5, 5.41) is 8.81. The molecule has 0 aromatic carbocycles. The first-order valence-electron chi connectivity index (χ1n) is 4.73. The maximum atomic E-state index is 8.81. The molecule has 2 nitrogen and oxygen atoms in total. The number of aliphatic hydroxyl groups is 1. The highest BCUT2D eigenvalue weighted by atomic mass is 35.5. The largest absolute Gasteiger partial charge is 0.395 e. The van der Waals surface area contributed by atoms with E-state index in [1.54, 1.807) is 0 Å². The number of aliphatic hydroxyl groups excluding tert-OH is 1. The van der Waals surface area contributed by atoms with Crippen LogP contribution >= 0.6 is 23.2 Å². The summed E-state index contributed by atoms with van der Waals surface area (Å²) in [6.45, 7) is 5.07. The third-order valence-electron chi connectivity index (χ3n) is 3.69. The SMILES string of the molecule is CC12CCN(CCO)CC1C2(Cl)Cl. The first-order chi connectivity index (χ1) is 6.02. The molecule has 4 heteroatoms. The normalized spacial score (nSPS) is 42.9. The van der Waals surface area contributed by atoms with E-state index < -0.39 is 4.33 Å². The smallest absolute Gasteiger partial charge is 0.128 e. The van der Waals surface area contributed by atoms with E-state index >= 15 is 0 Å². The third kappa shape index (κ3) is 1.30. The van der Waals surface area contributed by atoms with Gasteiger partial charge >= 0.3 is 0 Å². The van der Waals surface area contributed by atoms with Crippen LogP contribution in [0.25, 0.3) is 0 Å². The van der Waals surface area contributed by atoms with Crippen LogP contribution in [0.2, 0.25) is 0 Å². The van der Waals surface area contributed by atoms with Crippen LogP contribution in [0, 0.1) is 11.3 Å². The van der Waals surface area contributed by atoms with Crippen LogP contribution in [0.15, 0.2) is 0 Å². The molecule has 1 heterocycles. The zero-order chi connectivity index (χ0) is 9.69. The highest BCUT2D eigenvalue weighted by Gasteiger charge is 2.73. The van der Waals surface area contributed by atoms with Gasteiger partial charge in [0.15, 0.2) is 0 Å². The number of likely N-dealkylation sites (tertiary alicyclic amines) is 1. The van der Waals surface area contributed by atoms with Gasteiger partial charge in [-0.3, -0.25) is 0 Å². The number of hydrogen-bond acceptors (Lipinski definition) is 2. The molecule has 2 atom stereocenters. The lowest BCUT2D eigenvalue weighted by molar-refractivity contribution is 0.148. The molecule has 1 N–H and O–H groups in total. The topological polar surface area (TPSA) is 23.5 Å². The average Bonchev–Trinajstić information content (AvgIpc) is 2.50. The summed E-state index contributed by atoms with van der Waals surface area (Å²) in [6.07, 6.45) is 1.05. The average molecular weight is 224 g/mol. The van der Waals surface area contributed by atoms with E-state index in [9.17, 15) is 0 Å². The number of rotatable bonds is 2. The van der Waals surface area contributed by atoms with Crippen LogP contribution in [0.5, 0.6) is 0 Å². The van der Waals surface area contributed by atoms with Crippen molar-refractivity contribution >= 4 is 23.2 Å². The molecule has 0 aromatic rings. The molecule has 1 saturated heterocycles. The Morgan fingerprint density at radius 2 is 2.23 bits per heavy atom. The summed E-state index contributed by atoms with van der Waals surface area (Å²) < 4.78 is -0.517. The van der Waals surface area contributed by atoms with Crippen LogP contribution in [0.4, 0.5) is 0 Å². The molecular formula is C9H15Cl2NO. The van der Waals surface area contributed by atoms with Gasteiger partial charge in [-0.25, -0.2) is 0 Å². The van der Waals surface area contributed by atoms with Crippen molar-refractivity contribution in [2.45, 2.75) is 17.7 Å². The Kier molecular flexibility index (Phi) is 2.31. The van der Waals surface area contributed by atoms with E-state index in [0.717, 1.165) is 26.1 Å². The summed E-state index contributed by atoms with van der Waals surface area (Å²) in [4.78, 5) is 2.24. The minimum Gasteiger partial charge on any atom is -0.395 e. The lowest BCUT2D eigenvalue weighted by atomic mass is 9.98. The molecule has 13 heavy (non-hydrogen) atoms. The zero-order valence-electron chi connectivity index (χ0n) is 7.76. The fraction of sp³-hybridized carbons (Fsp3) is 1.00. The van der Waals surface area contributed by atoms with Crippen molar-refractivity contribution in [2.24, 2.45) is 11.3 Å². The minimum absolute atomic E-state index is 0.127. The molecule has 0 amide bonds. The van der Waals surface area contributed by atoms with Crippen LogP contribution in [-0.2, 0) is 0 Å². The highest BCUT2D eigenvalue weighted by Crippen LogP contribution is 2.72. The predicted octanol–water partition coefficient (Wildman–Crippen LogP) is 1.49. The van der Waals surface area contributed by atoms with Gasteiger partial charge in [-0.05, 0) is 13.0 Å². The standard InChI is InChI=1S/C9H15Cl2NO/c1-8-2-3-12(4-5-13)6-7(8)9(8,10)11/h7,13H,2-6H2,1H3. The molecule has 0 spiro atoms. The number of hydrogen-bond donors (Lipinski definition) is 1. The second-order valence-electron chi connectivity index (χ2n) is 4.37. The maximum absolute atomic E-state index is 8.81. The van der Waals surface area contributed by atoms with Gasteiger partial charge in [0.05, 0.1) is 6.61 Å². The predicted molar refractivity (Wildman–Crippen MR) is 54.2 cm³/mol. The molecule has 2 unspecified atom stereocenters. The Labute approximate surface area is 88.8 Å². The Morgan fingerprint density at radius 3 is 2.77 bits per heavy atom. The number of alkyl halides is 2. The van der Waals surface area contributed by atoms with Crippen LogP contribution in [0.3, 0.4) is 0 Å². The van der Waals surface area contributed by atoms with Crippen LogP contribution in [-0.4, -0.2) is 40.6 Å². The van der Waals surface area contributed by atoms with Crippen molar-refractivity contribution in [1.82, 2.24) is 4.90 Å². The minimum atomic E-state index is -0.517. The molecular weight excluding hydrogens is 209 g/mol. The molecule has 76 valence electrons. The summed E-state index contributed by atoms with van der Waals surface area (Å²) in [5.74, 6) is 0.392. The van der Waals surface area contributed by atoms with E-state index in [2.05, 4.69) is 11.8 Å². The van der Waals surface area contributed by atoms with E-state index in [1.165, 1.54) is 0 Å². The summed E-state index contributed by atoms with van der Waals surface area (Å²) in [6, 6.07) is 0. The Balaban J connectivity index is 1.98. The number of fused-ring (bicyclic) bond motifs is 1. The van der Waals surface area contributed by atoms with Crippen molar-refractivity contribution in [2.75, 3.05) is 26.2 Å². The summed E-state index contributed by atoms with van der Waals surface area (Å²) in [5.41, 5.74) is 0.127. The molecule has 2 rings (SSSR count). The lowest BCUT2D eigenvalue weighted by Gasteiger charge is -2.28. The molecule has 0 aromatic heterocycles. The maximum Gasteiger partial charge on any atom is 0.128 e. The van der Waals surface area contributed by atoms with Crippen molar-refractivity contribution in [1.29, 1.82) is 0 Å². The van der Waals surface area contributed by atoms with Gasteiger partial charge in [-0.15, -0.1) is 23.2 Å². The zero-order valence-corrected chi connectivity index (χ0v) is 9.28. The molecule has 1 aliphatic heterocycles. The Bertz CT molecular complexity index is 222. The molecule has 0 bridgehead atoms. The van der Waals surface area contributed by atoms with Crippen LogP contribution < -0.4 is 0 Å². The van der Waals surface area contributed by atoms with Gasteiger partial charge in [0.2, 0.25) is 0 Å². The van der Waals surface area contributed by atoms with Crippen molar-refractivity contribution in [3.05, 3.63) is 0 Å². The van der Waals surface area contributed by atoms with Crippen LogP contribution in [0.1, 0.15) is 13.3 Å². The number of halogens is 2. The third-order valence-corrected chi connectivity index (χ3v) is 5.08. The summed E-state index contributed by atoms with van der Waals surface area (Å²) in [7, 11) is 0. The molecule has 1 aliphatic carbocycles. The van der Waals surface area contributed by atoms with Gasteiger partial charge in [0.1, 0.15) is 4.33 Å². The monoisotopic (exact) mass is 223 g/mol. The summed E-state index contributed by atoms with van der Waals surface area (Å²) >= 11 is 12.4. The molecule has 1 saturated carbocycles. The quantitative estimate of drug-likeness (QED) is 0.718. The first-order valence-corrected chi connectivity index (χ1v) is 5.49. The number of β-amino-alcohol motifs (C(OH)–C–C–N with tert-alkyl or cyclic N) is 1. The number of piperidine rings is 1. The van der Waals surface area contributed by atoms with Crippen molar-refractivity contribution in [3.8, 4) is 0 Å². The van der Waals surface area contributed by atoms with Gasteiger partial charge in [0.25, 0.3) is 0 Å². The van der Waals surface area contributed by atoms with Crippen molar-refractivity contribution < 1.29 is 5.11 Å². The van der Waals surface area contributed by atoms with Crippen molar-refractivity contribution in [3.63, 3.8) is 0 Å². The van der Waals surface area contributed by atoms with E-state index in [-0.39, 0.29) is 12.0 Å². The fourth-order valence-corrected chi connectivity index (χ4v) is 3.38. The van der Waals surface area contributed by atoms with Gasteiger partial charge < -0.3 is 10.0 Å². The van der Waals surface area contributed by atoms with E-state index in [1.807, 2.05) is 0 Å². The van der Waals surface area contributed by atoms with E-state index in [0.29, 0.717) is 5.92 Å². The Hall–Kier alpha value is 0.500. The second-order valence-corrected chi connectivity index (χ2v) is 5.75. The van der Waals surface area contributed by atoms with E-state index in [4.69, 9.17) is 28.3 Å². The highest BCUT2D eigenvalue weighted by molar-refractivity contribution is 6.51. The number of nitrogens with zero attached hydrogens (tertiary/aromatic N) is 1. The van der Waals surface area contributed by atoms with Gasteiger partial charge in [-0.2, -0.15) is 0 Å². The fourth-order valence-electron chi connectivity index (χ4n) is 2.42. The molecule has 2 aliphatic rings. The molecule has 2 fully saturated rings. The van der Waals surface area contributed by atoms with Gasteiger partial charge in [0, 0.05) is 24.4 Å². The first kappa shape index (κ1) is 10.0.